The minimum atomic E-state index is 0. The van der Waals surface area contributed by atoms with Gasteiger partial charge in [-0.1, -0.05) is 0 Å². The molecule has 4 heteroatoms. The maximum atomic E-state index is 6.06. The Hall–Kier alpha value is 0.170. The highest BCUT2D eigenvalue weighted by atomic mass is 35.5. The topological polar surface area (TPSA) is 55.3 Å². The van der Waals surface area contributed by atoms with Crippen LogP contribution in [-0.4, -0.2) is 36.6 Å². The second-order valence-corrected chi connectivity index (χ2v) is 4.86. The lowest BCUT2D eigenvalue weighted by molar-refractivity contribution is 0.291. The SMILES string of the molecule is CC(N)CN1C[C@@H]2CCC(N)[C@@H]2C1.Cl. The van der Waals surface area contributed by atoms with Crippen molar-refractivity contribution in [1.29, 1.82) is 0 Å². The van der Waals surface area contributed by atoms with Gasteiger partial charge in [-0.25, -0.2) is 0 Å². The van der Waals surface area contributed by atoms with E-state index in [1.165, 1.54) is 25.9 Å². The standard InChI is InChI=1S/C10H21N3.ClH/c1-7(11)4-13-5-8-2-3-10(12)9(8)6-13;/h7-10H,2-6,11-12H2,1H3;1H/t7?,8-,9+,10?;/m0./s1. The zero-order valence-corrected chi connectivity index (χ0v) is 9.67. The molecule has 3 nitrogen and oxygen atoms in total. The molecule has 1 aliphatic heterocycles. The van der Waals surface area contributed by atoms with Gasteiger partial charge in [-0.15, -0.1) is 12.4 Å². The zero-order chi connectivity index (χ0) is 9.42. The van der Waals surface area contributed by atoms with Crippen LogP contribution in [-0.2, 0) is 0 Å². The maximum absolute atomic E-state index is 6.06. The number of hydrogen-bond acceptors (Lipinski definition) is 3. The van der Waals surface area contributed by atoms with Crippen molar-refractivity contribution in [2.75, 3.05) is 19.6 Å². The Balaban J connectivity index is 0.000000980. The number of hydrogen-bond donors (Lipinski definition) is 2. The quantitative estimate of drug-likeness (QED) is 0.708. The minimum absolute atomic E-state index is 0. The molecule has 4 N–H and O–H groups in total. The molecule has 2 fully saturated rings. The number of nitrogens with zero attached hydrogens (tertiary/aromatic N) is 1. The first kappa shape index (κ1) is 12.2. The van der Waals surface area contributed by atoms with Gasteiger partial charge in [0.25, 0.3) is 0 Å². The first-order valence-electron chi connectivity index (χ1n) is 5.40. The van der Waals surface area contributed by atoms with Gasteiger partial charge in [0.05, 0.1) is 0 Å². The molecule has 0 amide bonds. The number of rotatable bonds is 2. The summed E-state index contributed by atoms with van der Waals surface area (Å²) >= 11 is 0. The molecule has 4 atom stereocenters. The molecule has 2 aliphatic rings. The van der Waals surface area contributed by atoms with E-state index in [4.69, 9.17) is 11.5 Å². The molecule has 0 bridgehead atoms. The lowest BCUT2D eigenvalue weighted by Crippen LogP contribution is -2.36. The van der Waals surface area contributed by atoms with E-state index in [0.29, 0.717) is 12.1 Å². The van der Waals surface area contributed by atoms with Crippen LogP contribution in [0.15, 0.2) is 0 Å². The molecule has 0 spiro atoms. The molecule has 2 rings (SSSR count). The third kappa shape index (κ3) is 2.40. The molecule has 84 valence electrons. The molecule has 0 aromatic heterocycles. The molecule has 0 aromatic rings. The van der Waals surface area contributed by atoms with Gasteiger partial charge in [0.1, 0.15) is 0 Å². The number of halogens is 1. The highest BCUT2D eigenvalue weighted by Crippen LogP contribution is 2.36. The van der Waals surface area contributed by atoms with Crippen LogP contribution in [0.2, 0.25) is 0 Å². The molecule has 0 radical (unpaired) electrons. The fourth-order valence-corrected chi connectivity index (χ4v) is 2.96. The van der Waals surface area contributed by atoms with Crippen LogP contribution >= 0.6 is 12.4 Å². The van der Waals surface area contributed by atoms with E-state index in [-0.39, 0.29) is 12.4 Å². The van der Waals surface area contributed by atoms with Gasteiger partial charge >= 0.3 is 0 Å². The lowest BCUT2D eigenvalue weighted by Gasteiger charge is -2.19. The smallest absolute Gasteiger partial charge is 0.0139 e. The van der Waals surface area contributed by atoms with Crippen LogP contribution in [0.3, 0.4) is 0 Å². The minimum Gasteiger partial charge on any atom is -0.327 e. The van der Waals surface area contributed by atoms with E-state index in [9.17, 15) is 0 Å². The lowest BCUT2D eigenvalue weighted by atomic mass is 9.98. The Bertz CT molecular complexity index is 186. The van der Waals surface area contributed by atoms with Crippen LogP contribution in [0.1, 0.15) is 19.8 Å². The van der Waals surface area contributed by atoms with Gasteiger partial charge in [-0.3, -0.25) is 0 Å². The Kier molecular flexibility index (Phi) is 4.19. The Morgan fingerprint density at radius 2 is 2.07 bits per heavy atom. The fourth-order valence-electron chi connectivity index (χ4n) is 2.96. The molecule has 2 unspecified atom stereocenters. The average molecular weight is 220 g/mol. The molecular weight excluding hydrogens is 198 g/mol. The third-order valence-corrected chi connectivity index (χ3v) is 3.53. The fraction of sp³-hybridized carbons (Fsp3) is 1.00. The zero-order valence-electron chi connectivity index (χ0n) is 8.86. The van der Waals surface area contributed by atoms with Crippen LogP contribution < -0.4 is 11.5 Å². The molecule has 1 saturated heterocycles. The predicted octanol–water partition coefficient (Wildman–Crippen LogP) is 0.425. The molecule has 1 saturated carbocycles. The summed E-state index contributed by atoms with van der Waals surface area (Å²) in [7, 11) is 0. The van der Waals surface area contributed by atoms with Gasteiger partial charge in [-0.2, -0.15) is 0 Å². The van der Waals surface area contributed by atoms with E-state index in [2.05, 4.69) is 11.8 Å². The first-order chi connectivity index (χ1) is 6.16. The van der Waals surface area contributed by atoms with Crippen LogP contribution in [0.4, 0.5) is 0 Å². The summed E-state index contributed by atoms with van der Waals surface area (Å²) in [6.07, 6.45) is 2.57. The first-order valence-corrected chi connectivity index (χ1v) is 5.40. The number of likely N-dealkylation sites (tertiary alicyclic amines) is 1. The van der Waals surface area contributed by atoms with E-state index in [1.807, 2.05) is 0 Å². The van der Waals surface area contributed by atoms with Crippen molar-refractivity contribution in [2.45, 2.75) is 31.8 Å². The molecule has 14 heavy (non-hydrogen) atoms. The van der Waals surface area contributed by atoms with Crippen molar-refractivity contribution in [3.63, 3.8) is 0 Å². The molecule has 0 aromatic carbocycles. The van der Waals surface area contributed by atoms with E-state index in [1.54, 1.807) is 0 Å². The Morgan fingerprint density at radius 1 is 1.36 bits per heavy atom. The highest BCUT2D eigenvalue weighted by molar-refractivity contribution is 5.85. The van der Waals surface area contributed by atoms with E-state index < -0.39 is 0 Å². The summed E-state index contributed by atoms with van der Waals surface area (Å²) < 4.78 is 0. The summed E-state index contributed by atoms with van der Waals surface area (Å²) in [5, 5.41) is 0. The second kappa shape index (κ2) is 4.79. The summed E-state index contributed by atoms with van der Waals surface area (Å²) in [4.78, 5) is 2.49. The van der Waals surface area contributed by atoms with E-state index in [0.717, 1.165) is 18.4 Å². The van der Waals surface area contributed by atoms with Gasteiger partial charge in [-0.05, 0) is 31.6 Å². The van der Waals surface area contributed by atoms with Crippen LogP contribution in [0.5, 0.6) is 0 Å². The Labute approximate surface area is 92.6 Å². The molecule has 1 aliphatic carbocycles. The Morgan fingerprint density at radius 3 is 2.64 bits per heavy atom. The van der Waals surface area contributed by atoms with Crippen LogP contribution in [0.25, 0.3) is 0 Å². The van der Waals surface area contributed by atoms with Gasteiger partial charge < -0.3 is 16.4 Å². The average Bonchev–Trinajstić information content (AvgIpc) is 2.53. The van der Waals surface area contributed by atoms with Crippen molar-refractivity contribution < 1.29 is 0 Å². The van der Waals surface area contributed by atoms with Gasteiger partial charge in [0, 0.05) is 31.7 Å². The van der Waals surface area contributed by atoms with Crippen LogP contribution in [0, 0.1) is 11.8 Å². The van der Waals surface area contributed by atoms with E-state index >= 15 is 0 Å². The van der Waals surface area contributed by atoms with Crippen molar-refractivity contribution in [3.8, 4) is 0 Å². The van der Waals surface area contributed by atoms with Gasteiger partial charge in [0.2, 0.25) is 0 Å². The summed E-state index contributed by atoms with van der Waals surface area (Å²) in [6.45, 7) is 5.54. The van der Waals surface area contributed by atoms with Crippen molar-refractivity contribution in [1.82, 2.24) is 4.90 Å². The second-order valence-electron chi connectivity index (χ2n) is 4.86. The van der Waals surface area contributed by atoms with Crippen molar-refractivity contribution in [2.24, 2.45) is 23.3 Å². The molecule has 1 heterocycles. The normalized spacial score (nSPS) is 39.2. The monoisotopic (exact) mass is 219 g/mol. The molecular formula is C10H22ClN3. The van der Waals surface area contributed by atoms with Crippen molar-refractivity contribution in [3.05, 3.63) is 0 Å². The van der Waals surface area contributed by atoms with Gasteiger partial charge in [0.15, 0.2) is 0 Å². The van der Waals surface area contributed by atoms with Crippen molar-refractivity contribution >= 4 is 12.4 Å². The predicted molar refractivity (Wildman–Crippen MR) is 61.5 cm³/mol. The number of nitrogens with two attached hydrogens (primary N) is 2. The third-order valence-electron chi connectivity index (χ3n) is 3.53. The summed E-state index contributed by atoms with van der Waals surface area (Å²) in [5.74, 6) is 1.63. The number of fused-ring (bicyclic) bond motifs is 1. The maximum Gasteiger partial charge on any atom is 0.0139 e. The summed E-state index contributed by atoms with van der Waals surface area (Å²) in [5.41, 5.74) is 11.8. The largest absolute Gasteiger partial charge is 0.327 e. The highest BCUT2D eigenvalue weighted by Gasteiger charge is 2.40. The summed E-state index contributed by atoms with van der Waals surface area (Å²) in [6, 6.07) is 0.762.